The van der Waals surface area contributed by atoms with Gasteiger partial charge >= 0.3 is 5.97 Å². The van der Waals surface area contributed by atoms with Gasteiger partial charge in [0.2, 0.25) is 0 Å². The van der Waals surface area contributed by atoms with Crippen molar-refractivity contribution in [2.24, 2.45) is 0 Å². The minimum atomic E-state index is -0.531. The quantitative estimate of drug-likeness (QED) is 0.549. The van der Waals surface area contributed by atoms with Gasteiger partial charge in [-0.3, -0.25) is 14.6 Å². The Bertz CT molecular complexity index is 1090. The van der Waals surface area contributed by atoms with Crippen LogP contribution in [0.25, 0.3) is 10.2 Å². The maximum atomic E-state index is 13.6. The summed E-state index contributed by atoms with van der Waals surface area (Å²) in [7, 11) is 1.32. The third-order valence-corrected chi connectivity index (χ3v) is 6.36. The maximum Gasteiger partial charge on any atom is 0.338 e. The zero-order valence-electron chi connectivity index (χ0n) is 17.7. The molecule has 162 valence electrons. The van der Waals surface area contributed by atoms with Crippen molar-refractivity contribution < 1.29 is 19.1 Å². The molecule has 1 aromatic heterocycles. The van der Waals surface area contributed by atoms with E-state index < -0.39 is 5.97 Å². The van der Waals surface area contributed by atoms with Gasteiger partial charge in [-0.1, -0.05) is 29.5 Å². The van der Waals surface area contributed by atoms with Crippen LogP contribution in [0, 0.1) is 6.92 Å². The van der Waals surface area contributed by atoms with Crippen molar-refractivity contribution in [1.82, 2.24) is 9.88 Å². The lowest BCUT2D eigenvalue weighted by molar-refractivity contribution is 0.0390. The van der Waals surface area contributed by atoms with Gasteiger partial charge in [0.1, 0.15) is 0 Å². The number of aromatic nitrogens is 1. The molecule has 4 rings (SSSR count). The summed E-state index contributed by atoms with van der Waals surface area (Å²) in [6, 6.07) is 12.8. The van der Waals surface area contributed by atoms with Crippen molar-refractivity contribution in [3.63, 3.8) is 0 Å². The summed E-state index contributed by atoms with van der Waals surface area (Å²) in [6.45, 7) is 6.25. The number of benzene rings is 2. The largest absolute Gasteiger partial charge is 0.465 e. The minimum Gasteiger partial charge on any atom is -0.465 e. The summed E-state index contributed by atoms with van der Waals surface area (Å²) in [5.74, 6) is -0.790. The number of morpholine rings is 1. The third-order valence-electron chi connectivity index (χ3n) is 5.32. The molecule has 0 saturated carbocycles. The summed E-state index contributed by atoms with van der Waals surface area (Å²) in [5, 5.41) is 0.624. The standard InChI is InChI=1S/C23H25N3O4S/c1-16-7-8-19-20(15-16)31-23(24-19)26(10-9-25-11-13-30-14-12-25)21(27)17-5-3-4-6-18(17)22(28)29-2/h3-8,15H,9-14H2,1-2H3. The molecule has 0 spiro atoms. The summed E-state index contributed by atoms with van der Waals surface area (Å²) in [5.41, 5.74) is 2.57. The molecule has 1 aliphatic rings. The number of hydrogen-bond acceptors (Lipinski definition) is 7. The van der Waals surface area contributed by atoms with E-state index in [1.54, 1.807) is 29.2 Å². The van der Waals surface area contributed by atoms with Crippen molar-refractivity contribution in [2.75, 3.05) is 51.4 Å². The molecule has 1 amide bonds. The molecule has 0 aliphatic carbocycles. The topological polar surface area (TPSA) is 72.0 Å². The van der Waals surface area contributed by atoms with E-state index in [1.807, 2.05) is 19.1 Å². The summed E-state index contributed by atoms with van der Waals surface area (Å²) >= 11 is 1.48. The van der Waals surface area contributed by atoms with E-state index in [-0.39, 0.29) is 11.5 Å². The minimum absolute atomic E-state index is 0.253. The maximum absolute atomic E-state index is 13.6. The van der Waals surface area contributed by atoms with Crippen LogP contribution in [0.1, 0.15) is 26.3 Å². The van der Waals surface area contributed by atoms with Gasteiger partial charge in [-0.25, -0.2) is 9.78 Å². The number of esters is 1. The Morgan fingerprint density at radius 2 is 1.90 bits per heavy atom. The van der Waals surface area contributed by atoms with Crippen molar-refractivity contribution in [3.05, 3.63) is 59.2 Å². The Labute approximate surface area is 185 Å². The van der Waals surface area contributed by atoms with Gasteiger partial charge in [0.25, 0.3) is 5.91 Å². The van der Waals surface area contributed by atoms with Crippen LogP contribution in [-0.4, -0.2) is 68.3 Å². The van der Waals surface area contributed by atoms with Crippen LogP contribution in [0.2, 0.25) is 0 Å². The van der Waals surface area contributed by atoms with Gasteiger partial charge in [-0.05, 0) is 36.8 Å². The molecule has 0 N–H and O–H groups in total. The molecule has 0 radical (unpaired) electrons. The molecule has 1 aliphatic heterocycles. The normalized spacial score (nSPS) is 14.5. The Kier molecular flexibility index (Phi) is 6.60. The fourth-order valence-electron chi connectivity index (χ4n) is 3.59. The van der Waals surface area contributed by atoms with Gasteiger partial charge in [0.05, 0.1) is 41.7 Å². The summed E-state index contributed by atoms with van der Waals surface area (Å²) in [4.78, 5) is 34.6. The highest BCUT2D eigenvalue weighted by molar-refractivity contribution is 7.22. The third kappa shape index (κ3) is 4.76. The molecule has 0 bridgehead atoms. The van der Waals surface area contributed by atoms with Crippen LogP contribution >= 0.6 is 11.3 Å². The van der Waals surface area contributed by atoms with Crippen LogP contribution in [0.5, 0.6) is 0 Å². The second-order valence-electron chi connectivity index (χ2n) is 7.42. The fraction of sp³-hybridized carbons (Fsp3) is 0.348. The number of carbonyl (C=O) groups excluding carboxylic acids is 2. The molecule has 2 heterocycles. The highest BCUT2D eigenvalue weighted by atomic mass is 32.1. The van der Waals surface area contributed by atoms with E-state index in [2.05, 4.69) is 11.0 Å². The predicted octanol–water partition coefficient (Wildman–Crippen LogP) is 3.37. The van der Waals surface area contributed by atoms with Crippen LogP contribution < -0.4 is 4.90 Å². The SMILES string of the molecule is COC(=O)c1ccccc1C(=O)N(CCN1CCOCC1)c1nc2ccc(C)cc2s1. The number of nitrogens with zero attached hydrogens (tertiary/aromatic N) is 3. The van der Waals surface area contributed by atoms with E-state index in [0.29, 0.717) is 37.0 Å². The number of hydrogen-bond donors (Lipinski definition) is 0. The first-order valence-electron chi connectivity index (χ1n) is 10.2. The number of fused-ring (bicyclic) bond motifs is 1. The van der Waals surface area contributed by atoms with Crippen LogP contribution in [0.15, 0.2) is 42.5 Å². The second kappa shape index (κ2) is 9.55. The van der Waals surface area contributed by atoms with Gasteiger partial charge in [0.15, 0.2) is 5.13 Å². The zero-order valence-corrected chi connectivity index (χ0v) is 18.5. The fourth-order valence-corrected chi connectivity index (χ4v) is 4.68. The van der Waals surface area contributed by atoms with E-state index >= 15 is 0 Å². The molecular weight excluding hydrogens is 414 g/mol. The van der Waals surface area contributed by atoms with E-state index in [9.17, 15) is 9.59 Å². The van der Waals surface area contributed by atoms with Gasteiger partial charge < -0.3 is 9.47 Å². The Hall–Kier alpha value is -2.81. The van der Waals surface area contributed by atoms with E-state index in [4.69, 9.17) is 14.5 Å². The second-order valence-corrected chi connectivity index (χ2v) is 8.42. The zero-order chi connectivity index (χ0) is 21.8. The average Bonchev–Trinajstić information content (AvgIpc) is 3.22. The number of ether oxygens (including phenoxy) is 2. The van der Waals surface area contributed by atoms with Gasteiger partial charge in [-0.2, -0.15) is 0 Å². The van der Waals surface area contributed by atoms with E-state index in [0.717, 1.165) is 28.9 Å². The molecule has 7 nitrogen and oxygen atoms in total. The number of rotatable bonds is 6. The number of amides is 1. The van der Waals surface area contributed by atoms with Gasteiger partial charge in [-0.15, -0.1) is 0 Å². The molecule has 0 atom stereocenters. The lowest BCUT2D eigenvalue weighted by Gasteiger charge is -2.29. The highest BCUT2D eigenvalue weighted by Gasteiger charge is 2.26. The lowest BCUT2D eigenvalue weighted by Crippen LogP contribution is -2.43. The molecule has 1 fully saturated rings. The smallest absolute Gasteiger partial charge is 0.338 e. The highest BCUT2D eigenvalue weighted by Crippen LogP contribution is 2.31. The van der Waals surface area contributed by atoms with Crippen molar-refractivity contribution in [2.45, 2.75) is 6.92 Å². The number of anilines is 1. The Balaban J connectivity index is 1.69. The molecule has 0 unspecified atom stereocenters. The lowest BCUT2D eigenvalue weighted by atomic mass is 10.1. The van der Waals surface area contributed by atoms with Gasteiger partial charge in [0, 0.05) is 26.2 Å². The molecule has 2 aromatic carbocycles. The predicted molar refractivity (Wildman–Crippen MR) is 121 cm³/mol. The first-order chi connectivity index (χ1) is 15.1. The molecule has 8 heteroatoms. The number of aryl methyl sites for hydroxylation is 1. The number of methoxy groups -OCH3 is 1. The molecule has 1 saturated heterocycles. The summed E-state index contributed by atoms with van der Waals surface area (Å²) in [6.07, 6.45) is 0. The molecule has 3 aromatic rings. The van der Waals surface area contributed by atoms with Crippen LogP contribution in [-0.2, 0) is 9.47 Å². The van der Waals surface area contributed by atoms with Crippen LogP contribution in [0.3, 0.4) is 0 Å². The van der Waals surface area contributed by atoms with E-state index in [1.165, 1.54) is 18.4 Å². The average molecular weight is 440 g/mol. The molecule has 31 heavy (non-hydrogen) atoms. The molecular formula is C23H25N3O4S. The first kappa shape index (κ1) is 21.4. The number of thiazole rings is 1. The summed E-state index contributed by atoms with van der Waals surface area (Å²) < 4.78 is 11.3. The monoisotopic (exact) mass is 439 g/mol. The van der Waals surface area contributed by atoms with Crippen molar-refractivity contribution >= 4 is 38.6 Å². The van der Waals surface area contributed by atoms with Crippen molar-refractivity contribution in [3.8, 4) is 0 Å². The number of carbonyl (C=O) groups is 2. The Morgan fingerprint density at radius 1 is 1.16 bits per heavy atom. The van der Waals surface area contributed by atoms with Crippen LogP contribution in [0.4, 0.5) is 5.13 Å². The Morgan fingerprint density at radius 3 is 2.65 bits per heavy atom. The first-order valence-corrected chi connectivity index (χ1v) is 11.0. The van der Waals surface area contributed by atoms with Crippen molar-refractivity contribution in [1.29, 1.82) is 0 Å².